The highest BCUT2D eigenvalue weighted by atomic mass is 16.6. The van der Waals surface area contributed by atoms with Crippen LogP contribution in [0.4, 0.5) is 0 Å². The van der Waals surface area contributed by atoms with E-state index in [1.54, 1.807) is 0 Å². The number of benzene rings is 1. The first-order chi connectivity index (χ1) is 6.90. The van der Waals surface area contributed by atoms with Gasteiger partial charge in [0.25, 0.3) is 0 Å². The van der Waals surface area contributed by atoms with E-state index < -0.39 is 0 Å². The molecule has 1 aromatic rings. The highest BCUT2D eigenvalue weighted by Gasteiger charge is 2.15. The molecule has 0 N–H and O–H groups in total. The van der Waals surface area contributed by atoms with Crippen LogP contribution in [0.25, 0.3) is 0 Å². The van der Waals surface area contributed by atoms with Crippen molar-refractivity contribution in [1.82, 2.24) is 0 Å². The summed E-state index contributed by atoms with van der Waals surface area (Å²) in [6, 6.07) is 7.84. The maximum absolute atomic E-state index is 5.56. The summed E-state index contributed by atoms with van der Waals surface area (Å²) < 4.78 is 10.9. The van der Waals surface area contributed by atoms with Gasteiger partial charge in [-0.2, -0.15) is 0 Å². The minimum absolute atomic E-state index is 0.0653. The van der Waals surface area contributed by atoms with Gasteiger partial charge in [-0.15, -0.1) is 6.42 Å². The first kappa shape index (κ1) is 9.26. The van der Waals surface area contributed by atoms with E-state index in [-0.39, 0.29) is 6.10 Å². The molecule has 2 heteroatoms. The quantitative estimate of drug-likeness (QED) is 0.625. The topological polar surface area (TPSA) is 18.5 Å². The van der Waals surface area contributed by atoms with Crippen LogP contribution < -0.4 is 0 Å². The molecule has 0 saturated carbocycles. The van der Waals surface area contributed by atoms with Crippen molar-refractivity contribution in [1.29, 1.82) is 0 Å². The van der Waals surface area contributed by atoms with Gasteiger partial charge in [0.15, 0.2) is 0 Å². The molecule has 1 saturated heterocycles. The second-order valence-corrected chi connectivity index (χ2v) is 3.20. The van der Waals surface area contributed by atoms with Crippen molar-refractivity contribution in [3.05, 3.63) is 35.4 Å². The normalized spacial score (nSPS) is 21.5. The molecule has 1 fully saturated rings. The average Bonchev–Trinajstić information content (AvgIpc) is 2.30. The molecule has 1 atom stereocenters. The minimum atomic E-state index is 0.0653. The largest absolute Gasteiger partial charge is 0.376 e. The summed E-state index contributed by atoms with van der Waals surface area (Å²) in [5, 5.41) is 0. The summed E-state index contributed by atoms with van der Waals surface area (Å²) in [5.41, 5.74) is 2.02. The summed E-state index contributed by atoms with van der Waals surface area (Å²) in [6.07, 6.45) is 5.34. The van der Waals surface area contributed by atoms with Gasteiger partial charge in [0.1, 0.15) is 6.10 Å². The molecule has 1 aromatic carbocycles. The van der Waals surface area contributed by atoms with Crippen LogP contribution in [0.15, 0.2) is 24.3 Å². The molecular weight excluding hydrogens is 176 g/mol. The fraction of sp³-hybridized carbons (Fsp3) is 0.333. The predicted octanol–water partition coefficient (Wildman–Crippen LogP) is 1.76. The number of terminal acetylenes is 1. The van der Waals surface area contributed by atoms with E-state index in [2.05, 4.69) is 5.92 Å². The molecule has 0 aliphatic carbocycles. The Morgan fingerprint density at radius 2 is 2.00 bits per heavy atom. The Balaban J connectivity index is 2.12. The van der Waals surface area contributed by atoms with Crippen LogP contribution in [0.3, 0.4) is 0 Å². The fourth-order valence-corrected chi connectivity index (χ4v) is 1.47. The Morgan fingerprint density at radius 1 is 1.21 bits per heavy atom. The van der Waals surface area contributed by atoms with Crippen molar-refractivity contribution in [3.63, 3.8) is 0 Å². The van der Waals surface area contributed by atoms with Gasteiger partial charge in [-0.1, -0.05) is 18.1 Å². The molecule has 1 aliphatic heterocycles. The average molecular weight is 188 g/mol. The van der Waals surface area contributed by atoms with Crippen LogP contribution in [-0.2, 0) is 9.47 Å². The van der Waals surface area contributed by atoms with E-state index in [1.165, 1.54) is 0 Å². The zero-order valence-corrected chi connectivity index (χ0v) is 7.90. The number of rotatable bonds is 1. The molecule has 14 heavy (non-hydrogen) atoms. The van der Waals surface area contributed by atoms with Crippen LogP contribution >= 0.6 is 0 Å². The van der Waals surface area contributed by atoms with Gasteiger partial charge in [0.05, 0.1) is 19.8 Å². The molecule has 1 aliphatic rings. The zero-order valence-electron chi connectivity index (χ0n) is 7.90. The van der Waals surface area contributed by atoms with Crippen LogP contribution in [0.1, 0.15) is 17.2 Å². The molecule has 0 bridgehead atoms. The summed E-state index contributed by atoms with van der Waals surface area (Å²) in [4.78, 5) is 0. The number of hydrogen-bond donors (Lipinski definition) is 0. The lowest BCUT2D eigenvalue weighted by Crippen LogP contribution is -2.21. The SMILES string of the molecule is C#Cc1ccc(C2COCCO2)cc1. The van der Waals surface area contributed by atoms with Gasteiger partial charge in [-0.05, 0) is 17.7 Å². The number of hydrogen-bond acceptors (Lipinski definition) is 2. The lowest BCUT2D eigenvalue weighted by molar-refractivity contribution is -0.0901. The third-order valence-corrected chi connectivity index (χ3v) is 2.27. The second kappa shape index (κ2) is 4.28. The summed E-state index contributed by atoms with van der Waals surface area (Å²) >= 11 is 0. The van der Waals surface area contributed by atoms with Crippen LogP contribution in [0.2, 0.25) is 0 Å². The molecule has 72 valence electrons. The molecule has 2 rings (SSSR count). The van der Waals surface area contributed by atoms with Gasteiger partial charge in [0.2, 0.25) is 0 Å². The Labute approximate surface area is 83.8 Å². The van der Waals surface area contributed by atoms with Gasteiger partial charge in [0, 0.05) is 5.56 Å². The molecule has 0 radical (unpaired) electrons. The smallest absolute Gasteiger partial charge is 0.106 e. The maximum Gasteiger partial charge on any atom is 0.106 e. The van der Waals surface area contributed by atoms with Crippen molar-refractivity contribution in [3.8, 4) is 12.3 Å². The first-order valence-electron chi connectivity index (χ1n) is 4.66. The first-order valence-corrected chi connectivity index (χ1v) is 4.66. The highest BCUT2D eigenvalue weighted by Crippen LogP contribution is 2.20. The lowest BCUT2D eigenvalue weighted by atomic mass is 10.1. The van der Waals surface area contributed by atoms with Crippen LogP contribution in [0, 0.1) is 12.3 Å². The van der Waals surface area contributed by atoms with Crippen LogP contribution in [0.5, 0.6) is 0 Å². The zero-order chi connectivity index (χ0) is 9.80. The van der Waals surface area contributed by atoms with Gasteiger partial charge < -0.3 is 9.47 Å². The molecule has 0 spiro atoms. The second-order valence-electron chi connectivity index (χ2n) is 3.20. The van der Waals surface area contributed by atoms with E-state index in [1.807, 2.05) is 24.3 Å². The Bertz CT molecular complexity index is 328. The Kier molecular flexibility index (Phi) is 2.83. The molecule has 0 amide bonds. The van der Waals surface area contributed by atoms with E-state index in [0.29, 0.717) is 19.8 Å². The number of ether oxygens (including phenoxy) is 2. The van der Waals surface area contributed by atoms with Crippen molar-refractivity contribution in [2.45, 2.75) is 6.10 Å². The van der Waals surface area contributed by atoms with E-state index >= 15 is 0 Å². The minimum Gasteiger partial charge on any atom is -0.376 e. The molecule has 1 heterocycles. The van der Waals surface area contributed by atoms with E-state index in [9.17, 15) is 0 Å². The molecule has 2 nitrogen and oxygen atoms in total. The Hall–Kier alpha value is -1.30. The molecular formula is C12H12O2. The third-order valence-electron chi connectivity index (χ3n) is 2.27. The molecule has 1 unspecified atom stereocenters. The van der Waals surface area contributed by atoms with Gasteiger partial charge >= 0.3 is 0 Å². The summed E-state index contributed by atoms with van der Waals surface area (Å²) in [7, 11) is 0. The lowest BCUT2D eigenvalue weighted by Gasteiger charge is -2.23. The van der Waals surface area contributed by atoms with Crippen molar-refractivity contribution >= 4 is 0 Å². The third kappa shape index (κ3) is 1.95. The molecule has 0 aromatic heterocycles. The summed E-state index contributed by atoms with van der Waals surface area (Å²) in [5.74, 6) is 2.59. The monoisotopic (exact) mass is 188 g/mol. The Morgan fingerprint density at radius 3 is 2.57 bits per heavy atom. The van der Waals surface area contributed by atoms with E-state index in [0.717, 1.165) is 11.1 Å². The summed E-state index contributed by atoms with van der Waals surface area (Å²) in [6.45, 7) is 2.00. The predicted molar refractivity (Wildman–Crippen MR) is 53.9 cm³/mol. The van der Waals surface area contributed by atoms with Crippen molar-refractivity contribution < 1.29 is 9.47 Å². The maximum atomic E-state index is 5.56. The fourth-order valence-electron chi connectivity index (χ4n) is 1.47. The van der Waals surface area contributed by atoms with Gasteiger partial charge in [-0.25, -0.2) is 0 Å². The van der Waals surface area contributed by atoms with Crippen LogP contribution in [-0.4, -0.2) is 19.8 Å². The van der Waals surface area contributed by atoms with Crippen molar-refractivity contribution in [2.24, 2.45) is 0 Å². The standard InChI is InChI=1S/C12H12O2/c1-2-10-3-5-11(6-4-10)12-9-13-7-8-14-12/h1,3-6,12H,7-9H2. The van der Waals surface area contributed by atoms with Gasteiger partial charge in [-0.3, -0.25) is 0 Å². The van der Waals surface area contributed by atoms with E-state index in [4.69, 9.17) is 15.9 Å². The van der Waals surface area contributed by atoms with Crippen molar-refractivity contribution in [2.75, 3.05) is 19.8 Å². The highest BCUT2D eigenvalue weighted by molar-refractivity contribution is 5.34.